The quantitative estimate of drug-likeness (QED) is 0.587. The molecule has 0 saturated carbocycles. The van der Waals surface area contributed by atoms with Crippen molar-refractivity contribution in [3.63, 3.8) is 0 Å². The molecule has 0 spiro atoms. The van der Waals surface area contributed by atoms with Crippen LogP contribution in [0, 0.1) is 0 Å². The average Bonchev–Trinajstić information content (AvgIpc) is 2.69. The lowest BCUT2D eigenvalue weighted by Gasteiger charge is -2.11. The molecule has 2 N–H and O–H groups in total. The molecule has 0 saturated heterocycles. The van der Waals surface area contributed by atoms with Crippen molar-refractivity contribution in [2.45, 2.75) is 6.42 Å². The number of hydrogen-bond acceptors (Lipinski definition) is 1. The molecule has 2 rings (SSSR count). The molecule has 1 heterocycles. The van der Waals surface area contributed by atoms with Crippen LogP contribution in [-0.4, -0.2) is 18.1 Å². The monoisotopic (exact) mass is 210 g/mol. The number of quaternary nitrogens is 1. The summed E-state index contributed by atoms with van der Waals surface area (Å²) in [4.78, 5) is 2.33. The van der Waals surface area contributed by atoms with Gasteiger partial charge < -0.3 is 22.6 Å². The highest BCUT2D eigenvalue weighted by atomic mass is 35.5. The van der Waals surface area contributed by atoms with Crippen LogP contribution in [0.25, 0.3) is 0 Å². The smallest absolute Gasteiger partial charge is 0.155 e. The Balaban J connectivity index is 0.000000980. The Bertz CT molecular complexity index is 285. The van der Waals surface area contributed by atoms with E-state index in [2.05, 4.69) is 52.9 Å². The van der Waals surface area contributed by atoms with E-state index in [1.54, 1.807) is 0 Å². The summed E-state index contributed by atoms with van der Waals surface area (Å²) < 4.78 is 0. The molecule has 0 fully saturated rings. The van der Waals surface area contributed by atoms with Gasteiger partial charge in [-0.1, -0.05) is 30.3 Å². The van der Waals surface area contributed by atoms with E-state index in [0.717, 1.165) is 19.6 Å². The number of halogens is 1. The highest BCUT2D eigenvalue weighted by Gasteiger charge is 2.05. The van der Waals surface area contributed by atoms with Crippen molar-refractivity contribution in [1.29, 1.82) is 0 Å². The zero-order valence-electron chi connectivity index (χ0n) is 8.07. The standard InChI is InChI=1S/C11H14N2.ClH/c1-2-4-11(5-3-1)6-8-13-9-7-12-10-13;/h1-5,7,9,12H,6,8,10H2;1H. The molecule has 1 aliphatic heterocycles. The van der Waals surface area contributed by atoms with Crippen molar-refractivity contribution >= 4 is 0 Å². The van der Waals surface area contributed by atoms with Gasteiger partial charge in [-0.3, -0.25) is 0 Å². The van der Waals surface area contributed by atoms with Crippen LogP contribution in [0.2, 0.25) is 0 Å². The predicted octanol–water partition coefficient (Wildman–Crippen LogP) is -2.46. The van der Waals surface area contributed by atoms with E-state index in [4.69, 9.17) is 0 Å². The second-order valence-electron chi connectivity index (χ2n) is 3.31. The van der Waals surface area contributed by atoms with Crippen molar-refractivity contribution in [2.24, 2.45) is 0 Å². The van der Waals surface area contributed by atoms with Crippen LogP contribution in [-0.2, 0) is 6.42 Å². The van der Waals surface area contributed by atoms with Crippen molar-refractivity contribution < 1.29 is 17.7 Å². The minimum atomic E-state index is 0. The van der Waals surface area contributed by atoms with Gasteiger partial charge in [0, 0.05) is 6.54 Å². The molecule has 2 nitrogen and oxygen atoms in total. The lowest BCUT2D eigenvalue weighted by atomic mass is 10.1. The molecule has 0 radical (unpaired) electrons. The highest BCUT2D eigenvalue weighted by molar-refractivity contribution is 5.14. The summed E-state index contributed by atoms with van der Waals surface area (Å²) in [5, 5.41) is 2.19. The van der Waals surface area contributed by atoms with Gasteiger partial charge in [0.1, 0.15) is 6.20 Å². The van der Waals surface area contributed by atoms with Gasteiger partial charge in [-0.05, 0) is 12.0 Å². The minimum absolute atomic E-state index is 0. The summed E-state index contributed by atoms with van der Waals surface area (Å²) in [5.74, 6) is 0. The van der Waals surface area contributed by atoms with Crippen LogP contribution in [0.5, 0.6) is 0 Å². The molecular weight excluding hydrogens is 196 g/mol. The fourth-order valence-corrected chi connectivity index (χ4v) is 1.52. The zero-order valence-corrected chi connectivity index (χ0v) is 8.82. The Hall–Kier alpha value is -0.990. The van der Waals surface area contributed by atoms with Crippen LogP contribution in [0.4, 0.5) is 0 Å². The molecule has 3 heteroatoms. The second-order valence-corrected chi connectivity index (χ2v) is 3.31. The molecule has 14 heavy (non-hydrogen) atoms. The molecule has 1 aliphatic rings. The largest absolute Gasteiger partial charge is 1.00 e. The summed E-state index contributed by atoms with van der Waals surface area (Å²) >= 11 is 0. The Kier molecular flexibility index (Phi) is 4.50. The Morgan fingerprint density at radius 3 is 2.64 bits per heavy atom. The number of nitrogens with zero attached hydrogens (tertiary/aromatic N) is 1. The van der Waals surface area contributed by atoms with E-state index >= 15 is 0 Å². The maximum Gasteiger partial charge on any atom is 0.155 e. The lowest BCUT2D eigenvalue weighted by molar-refractivity contribution is -0.592. The van der Waals surface area contributed by atoms with Crippen LogP contribution < -0.4 is 17.7 Å². The van der Waals surface area contributed by atoms with Gasteiger partial charge in [0.25, 0.3) is 0 Å². The first-order chi connectivity index (χ1) is 6.45. The van der Waals surface area contributed by atoms with Gasteiger partial charge >= 0.3 is 0 Å². The van der Waals surface area contributed by atoms with Crippen molar-refractivity contribution in [2.75, 3.05) is 13.2 Å². The zero-order chi connectivity index (χ0) is 8.93. The number of rotatable bonds is 3. The molecule has 0 aromatic heterocycles. The van der Waals surface area contributed by atoms with Gasteiger partial charge in [0.15, 0.2) is 6.67 Å². The topological polar surface area (TPSA) is 19.9 Å². The van der Waals surface area contributed by atoms with E-state index in [1.165, 1.54) is 5.56 Å². The van der Waals surface area contributed by atoms with E-state index in [-0.39, 0.29) is 12.4 Å². The molecule has 0 amide bonds. The van der Waals surface area contributed by atoms with Crippen LogP contribution in [0.15, 0.2) is 42.7 Å². The molecule has 1 aromatic rings. The molecule has 0 unspecified atom stereocenters. The fourth-order valence-electron chi connectivity index (χ4n) is 1.52. The molecule has 0 bridgehead atoms. The molecule has 1 aromatic carbocycles. The Morgan fingerprint density at radius 2 is 2.00 bits per heavy atom. The van der Waals surface area contributed by atoms with E-state index in [0.29, 0.717) is 0 Å². The van der Waals surface area contributed by atoms with Gasteiger partial charge in [0.2, 0.25) is 0 Å². The van der Waals surface area contributed by atoms with Gasteiger partial charge in [-0.15, -0.1) is 0 Å². The summed E-state index contributed by atoms with van der Waals surface area (Å²) in [7, 11) is 0. The summed E-state index contributed by atoms with van der Waals surface area (Å²) in [6.07, 6.45) is 5.41. The van der Waals surface area contributed by atoms with E-state index < -0.39 is 0 Å². The molecule has 0 aliphatic carbocycles. The average molecular weight is 211 g/mol. The molecule has 76 valence electrons. The first kappa shape index (κ1) is 11.1. The third-order valence-electron chi connectivity index (χ3n) is 2.30. The Morgan fingerprint density at radius 1 is 1.21 bits per heavy atom. The highest BCUT2D eigenvalue weighted by Crippen LogP contribution is 2.01. The van der Waals surface area contributed by atoms with Crippen molar-refractivity contribution in [3.05, 3.63) is 48.3 Å². The van der Waals surface area contributed by atoms with Gasteiger partial charge in [0.05, 0.1) is 6.20 Å². The lowest BCUT2D eigenvalue weighted by Crippen LogP contribution is -3.00. The number of hydrogen-bond donors (Lipinski definition) is 1. The summed E-state index contributed by atoms with van der Waals surface area (Å²) in [6, 6.07) is 10.6. The second kappa shape index (κ2) is 5.68. The molecular formula is C11H15ClN2. The van der Waals surface area contributed by atoms with Gasteiger partial charge in [-0.2, -0.15) is 0 Å². The normalized spacial score (nSPS) is 14.1. The van der Waals surface area contributed by atoms with Crippen molar-refractivity contribution in [3.8, 4) is 0 Å². The summed E-state index contributed by atoms with van der Waals surface area (Å²) in [5.41, 5.74) is 1.42. The minimum Gasteiger partial charge on any atom is -1.00 e. The first-order valence-electron chi connectivity index (χ1n) is 4.73. The third-order valence-corrected chi connectivity index (χ3v) is 2.30. The fraction of sp³-hybridized carbons (Fsp3) is 0.273. The van der Waals surface area contributed by atoms with Crippen LogP contribution in [0.3, 0.4) is 0 Å². The van der Waals surface area contributed by atoms with Crippen LogP contribution >= 0.6 is 0 Å². The van der Waals surface area contributed by atoms with Crippen molar-refractivity contribution in [1.82, 2.24) is 4.90 Å². The number of nitrogens with two attached hydrogens (primary N) is 1. The molecule has 0 atom stereocenters. The van der Waals surface area contributed by atoms with E-state index in [1.807, 2.05) is 0 Å². The third kappa shape index (κ3) is 3.05. The number of benzene rings is 1. The van der Waals surface area contributed by atoms with Gasteiger partial charge in [-0.25, -0.2) is 0 Å². The predicted molar refractivity (Wildman–Crippen MR) is 52.8 cm³/mol. The maximum atomic E-state index is 2.33. The summed E-state index contributed by atoms with van der Waals surface area (Å²) in [6.45, 7) is 2.20. The Labute approximate surface area is 91.0 Å². The van der Waals surface area contributed by atoms with Crippen LogP contribution in [0.1, 0.15) is 5.56 Å². The SMILES string of the molecule is C1=CN(CCc2ccccc2)C[NH2+]1.[Cl-]. The maximum absolute atomic E-state index is 2.33. The van der Waals surface area contributed by atoms with E-state index in [9.17, 15) is 0 Å². The first-order valence-corrected chi connectivity index (χ1v) is 4.73.